The summed E-state index contributed by atoms with van der Waals surface area (Å²) in [4.78, 5) is 0. The van der Waals surface area contributed by atoms with Gasteiger partial charge in [-0.1, -0.05) is 11.8 Å². The van der Waals surface area contributed by atoms with Crippen LogP contribution in [0.15, 0.2) is 16.5 Å². The van der Waals surface area contributed by atoms with E-state index in [1.807, 2.05) is 0 Å². The molecule has 0 amide bonds. The zero-order valence-corrected chi connectivity index (χ0v) is 10.5. The van der Waals surface area contributed by atoms with Gasteiger partial charge in [-0.05, 0) is 51.7 Å². The van der Waals surface area contributed by atoms with Gasteiger partial charge in [-0.3, -0.25) is 0 Å². The van der Waals surface area contributed by atoms with Crippen molar-refractivity contribution in [2.75, 3.05) is 0 Å². The summed E-state index contributed by atoms with van der Waals surface area (Å²) in [5.41, 5.74) is -2.10. The summed E-state index contributed by atoms with van der Waals surface area (Å²) in [5.74, 6) is 11.6. The van der Waals surface area contributed by atoms with Gasteiger partial charge in [-0.25, -0.2) is 0 Å². The Kier molecular flexibility index (Phi) is 3.68. The van der Waals surface area contributed by atoms with E-state index in [9.17, 15) is 10.2 Å². The molecule has 0 fully saturated rings. The van der Waals surface area contributed by atoms with Crippen LogP contribution in [0.4, 0.5) is 0 Å². The average Bonchev–Trinajstić information content (AvgIpc) is 2.57. The summed E-state index contributed by atoms with van der Waals surface area (Å²) in [5, 5.41) is 18.8. The highest BCUT2D eigenvalue weighted by Crippen LogP contribution is 2.07. The van der Waals surface area contributed by atoms with Crippen LogP contribution in [0, 0.1) is 23.7 Å². The Morgan fingerprint density at radius 3 is 1.53 bits per heavy atom. The normalized spacial score (nSPS) is 11.2. The first kappa shape index (κ1) is 13.4. The van der Waals surface area contributed by atoms with Gasteiger partial charge in [0.2, 0.25) is 0 Å². The van der Waals surface area contributed by atoms with E-state index in [1.165, 1.54) is 0 Å². The van der Waals surface area contributed by atoms with Gasteiger partial charge in [-0.2, -0.15) is 0 Å². The Morgan fingerprint density at radius 2 is 1.24 bits per heavy atom. The molecule has 0 aliphatic heterocycles. The van der Waals surface area contributed by atoms with Crippen LogP contribution < -0.4 is 0 Å². The molecule has 2 N–H and O–H groups in total. The Labute approximate surface area is 101 Å². The molecule has 0 aliphatic carbocycles. The molecule has 0 saturated carbocycles. The standard InChI is InChI=1S/C14H16O3/c1-13(2,15)9-7-11-5-6-12(17-11)8-10-14(3,4)16/h5-6,15-16H,1-4H3. The second kappa shape index (κ2) is 4.67. The van der Waals surface area contributed by atoms with Crippen LogP contribution in [0.25, 0.3) is 0 Å². The Bertz CT molecular complexity index is 455. The molecule has 0 bridgehead atoms. The minimum atomic E-state index is -1.05. The summed E-state index contributed by atoms with van der Waals surface area (Å²) in [6.45, 7) is 6.38. The van der Waals surface area contributed by atoms with Crippen molar-refractivity contribution in [1.29, 1.82) is 0 Å². The lowest BCUT2D eigenvalue weighted by molar-refractivity contribution is 0.143. The zero-order valence-electron chi connectivity index (χ0n) is 10.5. The van der Waals surface area contributed by atoms with E-state index in [4.69, 9.17) is 4.42 Å². The predicted octanol–water partition coefficient (Wildman–Crippen LogP) is 1.52. The first-order valence-corrected chi connectivity index (χ1v) is 5.27. The molecule has 0 unspecified atom stereocenters. The molecule has 0 aliphatic rings. The van der Waals surface area contributed by atoms with Gasteiger partial charge < -0.3 is 14.6 Å². The van der Waals surface area contributed by atoms with Crippen LogP contribution in [-0.2, 0) is 0 Å². The monoisotopic (exact) mass is 232 g/mol. The highest BCUT2D eigenvalue weighted by molar-refractivity contribution is 5.35. The topological polar surface area (TPSA) is 53.6 Å². The molecule has 0 atom stereocenters. The Balaban J connectivity index is 2.85. The number of rotatable bonds is 0. The molecule has 17 heavy (non-hydrogen) atoms. The first-order chi connectivity index (χ1) is 7.66. The molecule has 1 rings (SSSR count). The van der Waals surface area contributed by atoms with Crippen LogP contribution in [0.1, 0.15) is 39.2 Å². The van der Waals surface area contributed by atoms with Gasteiger partial charge in [0.25, 0.3) is 0 Å². The predicted molar refractivity (Wildman–Crippen MR) is 65.1 cm³/mol. The average molecular weight is 232 g/mol. The van der Waals surface area contributed by atoms with Gasteiger partial charge in [0.1, 0.15) is 11.2 Å². The molecule has 90 valence electrons. The zero-order chi connectivity index (χ0) is 13.1. The van der Waals surface area contributed by atoms with Gasteiger partial charge >= 0.3 is 0 Å². The third-order valence-electron chi connectivity index (χ3n) is 1.59. The van der Waals surface area contributed by atoms with Crippen LogP contribution >= 0.6 is 0 Å². The number of hydrogen-bond donors (Lipinski definition) is 2. The maximum Gasteiger partial charge on any atom is 0.178 e. The van der Waals surface area contributed by atoms with Gasteiger partial charge in [0, 0.05) is 0 Å². The summed E-state index contributed by atoms with van der Waals surface area (Å²) in [6.07, 6.45) is 0. The molecular formula is C14H16O3. The first-order valence-electron chi connectivity index (χ1n) is 5.27. The third kappa shape index (κ3) is 5.82. The van der Waals surface area contributed by atoms with Crippen molar-refractivity contribution in [3.8, 4) is 23.7 Å². The van der Waals surface area contributed by atoms with Gasteiger partial charge in [-0.15, -0.1) is 0 Å². The van der Waals surface area contributed by atoms with E-state index in [0.717, 1.165) is 0 Å². The lowest BCUT2D eigenvalue weighted by atomic mass is 10.1. The summed E-state index contributed by atoms with van der Waals surface area (Å²) in [6, 6.07) is 3.35. The second-order valence-corrected chi connectivity index (χ2v) is 4.78. The van der Waals surface area contributed by atoms with Crippen molar-refractivity contribution in [2.45, 2.75) is 38.9 Å². The van der Waals surface area contributed by atoms with E-state index >= 15 is 0 Å². The molecule has 0 aromatic carbocycles. The molecule has 0 spiro atoms. The number of hydrogen-bond acceptors (Lipinski definition) is 3. The van der Waals surface area contributed by atoms with Crippen molar-refractivity contribution < 1.29 is 14.6 Å². The van der Waals surface area contributed by atoms with Crippen LogP contribution in [-0.4, -0.2) is 21.4 Å². The fourth-order valence-electron chi connectivity index (χ4n) is 0.901. The minimum Gasteiger partial charge on any atom is -0.439 e. The molecule has 1 aromatic rings. The van der Waals surface area contributed by atoms with E-state index in [1.54, 1.807) is 39.8 Å². The van der Waals surface area contributed by atoms with Crippen LogP contribution in [0.5, 0.6) is 0 Å². The van der Waals surface area contributed by atoms with Gasteiger partial charge in [0.15, 0.2) is 11.5 Å². The second-order valence-electron chi connectivity index (χ2n) is 4.78. The molecule has 0 saturated heterocycles. The van der Waals surface area contributed by atoms with E-state index in [2.05, 4.69) is 23.7 Å². The number of aliphatic hydroxyl groups is 2. The van der Waals surface area contributed by atoms with Crippen LogP contribution in [0.2, 0.25) is 0 Å². The molecule has 0 radical (unpaired) electrons. The lowest BCUT2D eigenvalue weighted by Crippen LogP contribution is -2.14. The fraction of sp³-hybridized carbons (Fsp3) is 0.429. The quantitative estimate of drug-likeness (QED) is 0.667. The van der Waals surface area contributed by atoms with Crippen molar-refractivity contribution in [1.82, 2.24) is 0 Å². The van der Waals surface area contributed by atoms with Gasteiger partial charge in [0.05, 0.1) is 0 Å². The minimum absolute atomic E-state index is 0.437. The smallest absolute Gasteiger partial charge is 0.178 e. The van der Waals surface area contributed by atoms with Crippen LogP contribution in [0.3, 0.4) is 0 Å². The summed E-state index contributed by atoms with van der Waals surface area (Å²) >= 11 is 0. The Morgan fingerprint density at radius 1 is 0.882 bits per heavy atom. The maximum atomic E-state index is 9.42. The highest BCUT2D eigenvalue weighted by atomic mass is 16.3. The van der Waals surface area contributed by atoms with E-state index in [-0.39, 0.29) is 0 Å². The summed E-state index contributed by atoms with van der Waals surface area (Å²) < 4.78 is 5.30. The fourth-order valence-corrected chi connectivity index (χ4v) is 0.901. The maximum absolute atomic E-state index is 9.42. The van der Waals surface area contributed by atoms with E-state index in [0.29, 0.717) is 11.5 Å². The molecule has 3 nitrogen and oxygen atoms in total. The molecule has 3 heteroatoms. The highest BCUT2D eigenvalue weighted by Gasteiger charge is 2.07. The molecule has 1 heterocycles. The van der Waals surface area contributed by atoms with Crippen molar-refractivity contribution in [2.24, 2.45) is 0 Å². The van der Waals surface area contributed by atoms with Crippen molar-refractivity contribution in [3.05, 3.63) is 23.7 Å². The van der Waals surface area contributed by atoms with Crippen molar-refractivity contribution >= 4 is 0 Å². The van der Waals surface area contributed by atoms with E-state index < -0.39 is 11.2 Å². The largest absolute Gasteiger partial charge is 0.439 e. The lowest BCUT2D eigenvalue weighted by Gasteiger charge is -2.05. The summed E-state index contributed by atoms with van der Waals surface area (Å²) in [7, 11) is 0. The Hall–Kier alpha value is -1.68. The number of furan rings is 1. The molecule has 1 aromatic heterocycles. The third-order valence-corrected chi connectivity index (χ3v) is 1.59. The molecular weight excluding hydrogens is 216 g/mol. The SMILES string of the molecule is CC(C)(O)C#Cc1ccc(C#CC(C)(C)O)o1. The van der Waals surface area contributed by atoms with Crippen molar-refractivity contribution in [3.63, 3.8) is 0 Å².